The van der Waals surface area contributed by atoms with Gasteiger partial charge >= 0.3 is 0 Å². The Balaban J connectivity index is 1.29. The summed E-state index contributed by atoms with van der Waals surface area (Å²) in [7, 11) is 0. The summed E-state index contributed by atoms with van der Waals surface area (Å²) in [6.45, 7) is 2.04. The maximum atomic E-state index is 6.83. The fourth-order valence-electron chi connectivity index (χ4n) is 6.25. The molecule has 1 heterocycles. The van der Waals surface area contributed by atoms with Gasteiger partial charge in [-0.2, -0.15) is 0 Å². The summed E-state index contributed by atoms with van der Waals surface area (Å²) in [5.74, 6) is 0. The fourth-order valence-corrected chi connectivity index (χ4v) is 6.25. The molecule has 1 aliphatic heterocycles. The van der Waals surface area contributed by atoms with Gasteiger partial charge in [-0.15, -0.1) is 0 Å². The third-order valence-corrected chi connectivity index (χ3v) is 8.72. The van der Waals surface area contributed by atoms with Crippen molar-refractivity contribution in [3.8, 4) is 0 Å². The van der Waals surface area contributed by atoms with Crippen molar-refractivity contribution in [2.24, 2.45) is 0 Å². The van der Waals surface area contributed by atoms with E-state index in [2.05, 4.69) is 48.5 Å². The van der Waals surface area contributed by atoms with Crippen molar-refractivity contribution in [2.45, 2.75) is 95.3 Å². The van der Waals surface area contributed by atoms with E-state index in [1.54, 1.807) is 0 Å². The first kappa shape index (κ1) is 32.6. The fraction of sp³-hybridized carbons (Fsp3) is 0.400. The molecule has 1 saturated carbocycles. The summed E-state index contributed by atoms with van der Waals surface area (Å²) in [5, 5.41) is 0. The van der Waals surface area contributed by atoms with E-state index in [-0.39, 0.29) is 6.10 Å². The zero-order chi connectivity index (χ0) is 31.2. The Morgan fingerprint density at radius 2 is 0.913 bits per heavy atom. The SMILES string of the molecule is c1ccc(COC[C@H]2O[C@H](OC3CCCCC3)[C@@H](OCc3ccccc3)[C@@H](OCc3ccccc3)[C@@H]2OCc2ccccc2)cc1. The van der Waals surface area contributed by atoms with Crippen LogP contribution in [0.3, 0.4) is 0 Å². The molecule has 4 aromatic carbocycles. The standard InChI is InChI=1S/C40H46O6/c1-6-16-31(17-7-1)26-41-30-36-37(42-27-32-18-8-2-9-19-32)38(43-28-33-20-10-3-11-21-33)39(44-29-34-22-12-4-13-23-34)40(46-36)45-35-24-14-5-15-25-35/h1-4,6-13,16-23,35-40H,5,14-15,24-30H2/t36-,37-,38+,39+,40+/m1/s1. The second-order valence-corrected chi connectivity index (χ2v) is 12.2. The third kappa shape index (κ3) is 9.58. The molecule has 1 saturated heterocycles. The van der Waals surface area contributed by atoms with Crippen molar-refractivity contribution < 1.29 is 28.4 Å². The molecule has 6 nitrogen and oxygen atoms in total. The highest BCUT2D eigenvalue weighted by Crippen LogP contribution is 2.34. The van der Waals surface area contributed by atoms with Gasteiger partial charge in [0, 0.05) is 0 Å². The molecule has 6 heteroatoms. The summed E-state index contributed by atoms with van der Waals surface area (Å²) in [6.07, 6.45) is 3.20. The van der Waals surface area contributed by atoms with E-state index in [0.29, 0.717) is 33.0 Å². The molecule has 0 aromatic heterocycles. The van der Waals surface area contributed by atoms with Crippen LogP contribution < -0.4 is 0 Å². The van der Waals surface area contributed by atoms with Crippen molar-refractivity contribution in [2.75, 3.05) is 6.61 Å². The van der Waals surface area contributed by atoms with E-state index >= 15 is 0 Å². The van der Waals surface area contributed by atoms with E-state index in [1.807, 2.05) is 72.8 Å². The highest BCUT2D eigenvalue weighted by molar-refractivity contribution is 5.16. The molecule has 6 rings (SSSR count). The van der Waals surface area contributed by atoms with Crippen molar-refractivity contribution in [1.82, 2.24) is 0 Å². The number of ether oxygens (including phenoxy) is 6. The lowest BCUT2D eigenvalue weighted by molar-refractivity contribution is -0.337. The highest BCUT2D eigenvalue weighted by atomic mass is 16.7. The van der Waals surface area contributed by atoms with Crippen LogP contribution in [-0.2, 0) is 54.8 Å². The van der Waals surface area contributed by atoms with E-state index in [0.717, 1.165) is 47.9 Å². The minimum atomic E-state index is -0.630. The van der Waals surface area contributed by atoms with Crippen LogP contribution in [0.5, 0.6) is 0 Å². The van der Waals surface area contributed by atoms with Gasteiger partial charge in [0.25, 0.3) is 0 Å². The second-order valence-electron chi connectivity index (χ2n) is 12.2. The van der Waals surface area contributed by atoms with Crippen LogP contribution in [0.4, 0.5) is 0 Å². The summed E-state index contributed by atoms with van der Waals surface area (Å²) in [5.41, 5.74) is 4.35. The number of hydrogen-bond donors (Lipinski definition) is 0. The highest BCUT2D eigenvalue weighted by Gasteiger charge is 2.49. The van der Waals surface area contributed by atoms with Crippen LogP contribution in [0.1, 0.15) is 54.4 Å². The zero-order valence-corrected chi connectivity index (χ0v) is 26.5. The molecule has 0 bridgehead atoms. The number of hydrogen-bond acceptors (Lipinski definition) is 6. The van der Waals surface area contributed by atoms with Crippen LogP contribution in [0.25, 0.3) is 0 Å². The van der Waals surface area contributed by atoms with Gasteiger partial charge in [-0.3, -0.25) is 0 Å². The molecule has 0 N–H and O–H groups in total. The quantitative estimate of drug-likeness (QED) is 0.134. The minimum Gasteiger partial charge on any atom is -0.374 e. The Morgan fingerprint density at radius 1 is 0.478 bits per heavy atom. The van der Waals surface area contributed by atoms with Crippen LogP contribution >= 0.6 is 0 Å². The summed E-state index contributed by atoms with van der Waals surface area (Å²) in [4.78, 5) is 0. The topological polar surface area (TPSA) is 55.4 Å². The molecule has 2 fully saturated rings. The molecule has 46 heavy (non-hydrogen) atoms. The molecular formula is C40H46O6. The van der Waals surface area contributed by atoms with E-state index in [4.69, 9.17) is 28.4 Å². The smallest absolute Gasteiger partial charge is 0.187 e. The minimum absolute atomic E-state index is 0.115. The Morgan fingerprint density at radius 3 is 1.41 bits per heavy atom. The van der Waals surface area contributed by atoms with Gasteiger partial charge in [-0.25, -0.2) is 0 Å². The molecule has 242 valence electrons. The van der Waals surface area contributed by atoms with Crippen LogP contribution in [-0.4, -0.2) is 43.4 Å². The Labute approximate surface area is 273 Å². The van der Waals surface area contributed by atoms with E-state index in [1.165, 1.54) is 6.42 Å². The molecule has 5 atom stereocenters. The van der Waals surface area contributed by atoms with Gasteiger partial charge in [-0.1, -0.05) is 141 Å². The molecule has 0 radical (unpaired) electrons. The monoisotopic (exact) mass is 622 g/mol. The van der Waals surface area contributed by atoms with Gasteiger partial charge in [0.05, 0.1) is 39.1 Å². The van der Waals surface area contributed by atoms with Gasteiger partial charge in [0.2, 0.25) is 0 Å². The number of benzene rings is 4. The van der Waals surface area contributed by atoms with Gasteiger partial charge in [-0.05, 0) is 35.1 Å². The Hall–Kier alpha value is -3.36. The van der Waals surface area contributed by atoms with Crippen LogP contribution in [0.2, 0.25) is 0 Å². The van der Waals surface area contributed by atoms with Crippen LogP contribution in [0, 0.1) is 0 Å². The molecular weight excluding hydrogens is 576 g/mol. The van der Waals surface area contributed by atoms with Gasteiger partial charge < -0.3 is 28.4 Å². The predicted octanol–water partition coefficient (Wildman–Crippen LogP) is 8.03. The van der Waals surface area contributed by atoms with Gasteiger partial charge in [0.15, 0.2) is 6.29 Å². The molecule has 0 spiro atoms. The average Bonchev–Trinajstić information content (AvgIpc) is 3.12. The van der Waals surface area contributed by atoms with Gasteiger partial charge in [0.1, 0.15) is 24.4 Å². The van der Waals surface area contributed by atoms with Crippen LogP contribution in [0.15, 0.2) is 121 Å². The molecule has 2 aliphatic rings. The lowest BCUT2D eigenvalue weighted by Crippen LogP contribution is -2.62. The predicted molar refractivity (Wildman–Crippen MR) is 178 cm³/mol. The van der Waals surface area contributed by atoms with E-state index < -0.39 is 30.7 Å². The average molecular weight is 623 g/mol. The number of rotatable bonds is 15. The second kappa shape index (κ2) is 17.5. The first-order valence-electron chi connectivity index (χ1n) is 16.7. The Kier molecular flexibility index (Phi) is 12.4. The van der Waals surface area contributed by atoms with Crippen molar-refractivity contribution in [1.29, 1.82) is 0 Å². The molecule has 1 aliphatic carbocycles. The maximum absolute atomic E-state index is 6.83. The molecule has 0 unspecified atom stereocenters. The first-order chi connectivity index (χ1) is 22.8. The first-order valence-corrected chi connectivity index (χ1v) is 16.7. The maximum Gasteiger partial charge on any atom is 0.187 e. The van der Waals surface area contributed by atoms with E-state index in [9.17, 15) is 0 Å². The zero-order valence-electron chi connectivity index (χ0n) is 26.5. The lowest BCUT2D eigenvalue weighted by atomic mass is 9.96. The summed E-state index contributed by atoms with van der Waals surface area (Å²) < 4.78 is 40.2. The lowest BCUT2D eigenvalue weighted by Gasteiger charge is -2.47. The largest absolute Gasteiger partial charge is 0.374 e. The molecule has 4 aromatic rings. The normalized spacial score (nSPS) is 23.7. The summed E-state index contributed by atoms with van der Waals surface area (Å²) in [6, 6.07) is 40.9. The van der Waals surface area contributed by atoms with Crippen molar-refractivity contribution in [3.63, 3.8) is 0 Å². The van der Waals surface area contributed by atoms with Crippen molar-refractivity contribution in [3.05, 3.63) is 144 Å². The summed E-state index contributed by atoms with van der Waals surface area (Å²) >= 11 is 0. The third-order valence-electron chi connectivity index (χ3n) is 8.72. The van der Waals surface area contributed by atoms with Crippen molar-refractivity contribution >= 4 is 0 Å². The molecule has 0 amide bonds. The Bertz CT molecular complexity index is 1380.